The number of nitro benzene ring substituents is 1. The first-order valence-electron chi connectivity index (χ1n) is 6.53. The molecule has 0 aliphatic rings. The van der Waals surface area contributed by atoms with Crippen molar-refractivity contribution in [1.29, 1.82) is 0 Å². The zero-order chi connectivity index (χ0) is 16.5. The van der Waals surface area contributed by atoms with Crippen LogP contribution >= 0.6 is 0 Å². The van der Waals surface area contributed by atoms with Gasteiger partial charge in [0.2, 0.25) is 0 Å². The van der Waals surface area contributed by atoms with Crippen LogP contribution < -0.4 is 4.72 Å². The quantitative estimate of drug-likeness (QED) is 0.671. The SMILES string of the molecule is Cc1cc(S(=O)(=O)Nc2cnn(C(C)C)c2)ccc1[N+](=O)[O-]. The highest BCUT2D eigenvalue weighted by Crippen LogP contribution is 2.23. The van der Waals surface area contributed by atoms with Crippen molar-refractivity contribution in [1.82, 2.24) is 9.78 Å². The van der Waals surface area contributed by atoms with E-state index in [1.807, 2.05) is 13.8 Å². The topological polar surface area (TPSA) is 107 Å². The Kier molecular flexibility index (Phi) is 4.18. The van der Waals surface area contributed by atoms with Crippen LogP contribution in [0, 0.1) is 17.0 Å². The molecule has 1 N–H and O–H groups in total. The van der Waals surface area contributed by atoms with Crippen LogP contribution in [-0.2, 0) is 10.0 Å². The number of aryl methyl sites for hydroxylation is 1. The molecule has 0 bridgehead atoms. The molecule has 118 valence electrons. The van der Waals surface area contributed by atoms with Gasteiger partial charge in [0.25, 0.3) is 15.7 Å². The maximum absolute atomic E-state index is 12.3. The van der Waals surface area contributed by atoms with E-state index < -0.39 is 14.9 Å². The molecule has 0 aliphatic carbocycles. The largest absolute Gasteiger partial charge is 0.276 e. The van der Waals surface area contributed by atoms with E-state index in [0.29, 0.717) is 5.69 Å². The number of sulfonamides is 1. The molecule has 1 aromatic carbocycles. The Balaban J connectivity index is 2.30. The molecule has 9 heteroatoms. The minimum Gasteiger partial charge on any atom is -0.276 e. The van der Waals surface area contributed by atoms with Gasteiger partial charge in [-0.25, -0.2) is 8.42 Å². The maximum Gasteiger partial charge on any atom is 0.272 e. The minimum atomic E-state index is -3.82. The highest BCUT2D eigenvalue weighted by atomic mass is 32.2. The van der Waals surface area contributed by atoms with Gasteiger partial charge in [0.15, 0.2) is 0 Å². The lowest BCUT2D eigenvalue weighted by Gasteiger charge is -2.07. The Morgan fingerprint density at radius 1 is 1.36 bits per heavy atom. The normalized spacial score (nSPS) is 11.6. The van der Waals surface area contributed by atoms with Crippen LogP contribution in [0.3, 0.4) is 0 Å². The first kappa shape index (κ1) is 16.0. The number of benzene rings is 1. The van der Waals surface area contributed by atoms with Gasteiger partial charge in [-0.15, -0.1) is 0 Å². The van der Waals surface area contributed by atoms with Gasteiger partial charge in [-0.2, -0.15) is 5.10 Å². The van der Waals surface area contributed by atoms with Gasteiger partial charge in [0.1, 0.15) is 0 Å². The molecule has 8 nitrogen and oxygen atoms in total. The van der Waals surface area contributed by atoms with E-state index in [1.165, 1.54) is 31.3 Å². The predicted octanol–water partition coefficient (Wildman–Crippen LogP) is 2.48. The van der Waals surface area contributed by atoms with E-state index in [1.54, 1.807) is 10.9 Å². The number of hydrogen-bond acceptors (Lipinski definition) is 5. The zero-order valence-corrected chi connectivity index (χ0v) is 13.2. The second-order valence-electron chi connectivity index (χ2n) is 5.11. The highest BCUT2D eigenvalue weighted by molar-refractivity contribution is 7.92. The van der Waals surface area contributed by atoms with Crippen LogP contribution in [0.4, 0.5) is 11.4 Å². The molecule has 0 amide bonds. The maximum atomic E-state index is 12.3. The summed E-state index contributed by atoms with van der Waals surface area (Å²) < 4.78 is 28.6. The van der Waals surface area contributed by atoms with E-state index in [0.717, 1.165) is 0 Å². The summed E-state index contributed by atoms with van der Waals surface area (Å²) in [4.78, 5) is 10.2. The van der Waals surface area contributed by atoms with Crippen LogP contribution in [0.1, 0.15) is 25.5 Å². The number of rotatable bonds is 5. The van der Waals surface area contributed by atoms with Gasteiger partial charge in [-0.05, 0) is 32.9 Å². The predicted molar refractivity (Wildman–Crippen MR) is 81.3 cm³/mol. The first-order valence-corrected chi connectivity index (χ1v) is 8.01. The third kappa shape index (κ3) is 3.25. The molecule has 0 radical (unpaired) electrons. The third-order valence-corrected chi connectivity index (χ3v) is 4.44. The molecule has 0 unspecified atom stereocenters. The summed E-state index contributed by atoms with van der Waals surface area (Å²) in [5, 5.41) is 14.8. The summed E-state index contributed by atoms with van der Waals surface area (Å²) in [5.74, 6) is 0. The Morgan fingerprint density at radius 3 is 2.55 bits per heavy atom. The number of nitro groups is 1. The Morgan fingerprint density at radius 2 is 2.05 bits per heavy atom. The van der Waals surface area contributed by atoms with E-state index in [2.05, 4.69) is 9.82 Å². The average molecular weight is 324 g/mol. The molecule has 0 saturated heterocycles. The van der Waals surface area contributed by atoms with E-state index in [-0.39, 0.29) is 22.2 Å². The summed E-state index contributed by atoms with van der Waals surface area (Å²) in [6, 6.07) is 3.77. The molecule has 2 rings (SSSR count). The van der Waals surface area contributed by atoms with Gasteiger partial charge in [0, 0.05) is 23.9 Å². The molecule has 0 spiro atoms. The van der Waals surface area contributed by atoms with Crippen molar-refractivity contribution in [2.75, 3.05) is 4.72 Å². The molecular weight excluding hydrogens is 308 g/mol. The van der Waals surface area contributed by atoms with Gasteiger partial charge in [-0.1, -0.05) is 0 Å². The first-order chi connectivity index (χ1) is 10.2. The fraction of sp³-hybridized carbons (Fsp3) is 0.308. The minimum absolute atomic E-state index is 0.0344. The molecule has 1 heterocycles. The zero-order valence-electron chi connectivity index (χ0n) is 12.3. The lowest BCUT2D eigenvalue weighted by atomic mass is 10.2. The average Bonchev–Trinajstić information content (AvgIpc) is 2.86. The van der Waals surface area contributed by atoms with Crippen molar-refractivity contribution >= 4 is 21.4 Å². The fourth-order valence-electron chi connectivity index (χ4n) is 1.89. The molecule has 0 saturated carbocycles. The number of hydrogen-bond donors (Lipinski definition) is 1. The van der Waals surface area contributed by atoms with Crippen molar-refractivity contribution in [3.63, 3.8) is 0 Å². The Labute approximate surface area is 128 Å². The summed E-state index contributed by atoms with van der Waals surface area (Å²) in [5.41, 5.74) is 0.502. The molecule has 0 fully saturated rings. The lowest BCUT2D eigenvalue weighted by Crippen LogP contribution is -2.13. The number of nitrogens with one attached hydrogen (secondary N) is 1. The molecule has 0 aliphatic heterocycles. The van der Waals surface area contributed by atoms with Crippen molar-refractivity contribution in [2.45, 2.75) is 31.7 Å². The molecular formula is C13H16N4O4S. The fourth-order valence-corrected chi connectivity index (χ4v) is 3.00. The monoisotopic (exact) mass is 324 g/mol. The van der Waals surface area contributed by atoms with Crippen LogP contribution in [-0.4, -0.2) is 23.1 Å². The van der Waals surface area contributed by atoms with E-state index >= 15 is 0 Å². The second-order valence-corrected chi connectivity index (χ2v) is 6.80. The van der Waals surface area contributed by atoms with E-state index in [4.69, 9.17) is 0 Å². The van der Waals surface area contributed by atoms with Crippen molar-refractivity contribution in [3.8, 4) is 0 Å². The van der Waals surface area contributed by atoms with E-state index in [9.17, 15) is 18.5 Å². The molecule has 1 aromatic heterocycles. The smallest absolute Gasteiger partial charge is 0.272 e. The summed E-state index contributed by atoms with van der Waals surface area (Å²) in [6.45, 7) is 5.34. The number of anilines is 1. The second kappa shape index (κ2) is 5.76. The van der Waals surface area contributed by atoms with Crippen LogP contribution in [0.15, 0.2) is 35.5 Å². The number of aromatic nitrogens is 2. The molecule has 2 aromatic rings. The van der Waals surface area contributed by atoms with Crippen LogP contribution in [0.5, 0.6) is 0 Å². The van der Waals surface area contributed by atoms with Crippen LogP contribution in [0.2, 0.25) is 0 Å². The third-order valence-electron chi connectivity index (χ3n) is 3.06. The Hall–Kier alpha value is -2.42. The van der Waals surface area contributed by atoms with Gasteiger partial charge < -0.3 is 0 Å². The Bertz CT molecular complexity index is 811. The summed E-state index contributed by atoms with van der Waals surface area (Å²) in [6.07, 6.45) is 3.00. The standard InChI is InChI=1S/C13H16N4O4S/c1-9(2)16-8-11(7-14-16)15-22(20,21)12-4-5-13(17(18)19)10(3)6-12/h4-9,15H,1-3H3. The summed E-state index contributed by atoms with van der Waals surface area (Å²) >= 11 is 0. The molecule has 22 heavy (non-hydrogen) atoms. The molecule has 0 atom stereocenters. The summed E-state index contributed by atoms with van der Waals surface area (Å²) in [7, 11) is -3.82. The van der Waals surface area contributed by atoms with Crippen molar-refractivity contribution < 1.29 is 13.3 Å². The lowest BCUT2D eigenvalue weighted by molar-refractivity contribution is -0.385. The van der Waals surface area contributed by atoms with Gasteiger partial charge in [-0.3, -0.25) is 19.5 Å². The number of nitrogens with zero attached hydrogens (tertiary/aromatic N) is 3. The van der Waals surface area contributed by atoms with Crippen molar-refractivity contribution in [2.24, 2.45) is 0 Å². The van der Waals surface area contributed by atoms with Crippen LogP contribution in [0.25, 0.3) is 0 Å². The highest BCUT2D eigenvalue weighted by Gasteiger charge is 2.19. The van der Waals surface area contributed by atoms with Gasteiger partial charge >= 0.3 is 0 Å². The van der Waals surface area contributed by atoms with Gasteiger partial charge in [0.05, 0.1) is 21.7 Å². The van der Waals surface area contributed by atoms with Crippen molar-refractivity contribution in [3.05, 3.63) is 46.3 Å².